The van der Waals surface area contributed by atoms with Crippen molar-refractivity contribution in [2.24, 2.45) is 0 Å². The van der Waals surface area contributed by atoms with Gasteiger partial charge in [0, 0.05) is 5.02 Å². The molecular weight excluding hydrogens is 268 g/mol. The molecule has 0 spiro atoms. The standard InChI is InChI=1S/C13H15ClN2O3/c1-3-11-12(17)16(13(18)15-11)7-8-6-9(19-2)4-5-10(8)14/h4-6,11H,3,7H2,1-2H3,(H,15,18)/t11-/m1/s1. The Balaban J connectivity index is 2.21. The fourth-order valence-electron chi connectivity index (χ4n) is 1.97. The molecule has 0 unspecified atom stereocenters. The van der Waals surface area contributed by atoms with Gasteiger partial charge in [-0.1, -0.05) is 18.5 Å². The highest BCUT2D eigenvalue weighted by molar-refractivity contribution is 6.31. The van der Waals surface area contributed by atoms with E-state index in [1.807, 2.05) is 6.92 Å². The molecule has 1 heterocycles. The zero-order chi connectivity index (χ0) is 14.0. The van der Waals surface area contributed by atoms with E-state index in [2.05, 4.69) is 5.32 Å². The monoisotopic (exact) mass is 282 g/mol. The van der Waals surface area contributed by atoms with Crippen molar-refractivity contribution in [1.29, 1.82) is 0 Å². The van der Waals surface area contributed by atoms with Crippen LogP contribution in [-0.4, -0.2) is 30.0 Å². The molecule has 1 aliphatic rings. The Hall–Kier alpha value is -1.75. The van der Waals surface area contributed by atoms with Gasteiger partial charge < -0.3 is 10.1 Å². The molecule has 6 heteroatoms. The van der Waals surface area contributed by atoms with Crippen LogP contribution in [0.3, 0.4) is 0 Å². The molecule has 0 aromatic heterocycles. The number of rotatable bonds is 4. The molecule has 0 saturated carbocycles. The summed E-state index contributed by atoms with van der Waals surface area (Å²) in [5.74, 6) is 0.421. The summed E-state index contributed by atoms with van der Waals surface area (Å²) in [5.41, 5.74) is 0.682. The number of imide groups is 1. The van der Waals surface area contributed by atoms with E-state index < -0.39 is 6.04 Å². The summed E-state index contributed by atoms with van der Waals surface area (Å²) < 4.78 is 5.11. The van der Waals surface area contributed by atoms with E-state index in [1.54, 1.807) is 25.3 Å². The van der Waals surface area contributed by atoms with E-state index >= 15 is 0 Å². The minimum atomic E-state index is -0.433. The van der Waals surface area contributed by atoms with Crippen LogP contribution in [0.4, 0.5) is 4.79 Å². The van der Waals surface area contributed by atoms with Gasteiger partial charge in [0.1, 0.15) is 11.8 Å². The van der Waals surface area contributed by atoms with Crippen LogP contribution in [0.25, 0.3) is 0 Å². The molecule has 1 aliphatic heterocycles. The first-order valence-electron chi connectivity index (χ1n) is 6.01. The van der Waals surface area contributed by atoms with Crippen LogP contribution >= 0.6 is 11.6 Å². The largest absolute Gasteiger partial charge is 0.497 e. The van der Waals surface area contributed by atoms with Crippen molar-refractivity contribution in [1.82, 2.24) is 10.2 Å². The lowest BCUT2D eigenvalue weighted by Crippen LogP contribution is -2.30. The Labute approximate surface area is 116 Å². The summed E-state index contributed by atoms with van der Waals surface area (Å²) in [5, 5.41) is 3.14. The van der Waals surface area contributed by atoms with Gasteiger partial charge in [0.2, 0.25) is 0 Å². The van der Waals surface area contributed by atoms with Crippen molar-refractivity contribution in [2.45, 2.75) is 25.9 Å². The maximum Gasteiger partial charge on any atom is 0.325 e. The quantitative estimate of drug-likeness (QED) is 0.861. The number of amides is 3. The average molecular weight is 283 g/mol. The molecule has 0 radical (unpaired) electrons. The molecule has 3 amide bonds. The predicted molar refractivity (Wildman–Crippen MR) is 71.2 cm³/mol. The number of hydrogen-bond donors (Lipinski definition) is 1. The minimum absolute atomic E-state index is 0.150. The molecule has 2 rings (SSSR count). The van der Waals surface area contributed by atoms with Crippen LogP contribution in [0.5, 0.6) is 5.75 Å². The molecule has 1 fully saturated rings. The van der Waals surface area contributed by atoms with E-state index in [9.17, 15) is 9.59 Å². The molecule has 1 N–H and O–H groups in total. The van der Waals surface area contributed by atoms with Crippen molar-refractivity contribution < 1.29 is 14.3 Å². The number of methoxy groups -OCH3 is 1. The second-order valence-electron chi connectivity index (χ2n) is 4.29. The fourth-order valence-corrected chi connectivity index (χ4v) is 2.15. The smallest absolute Gasteiger partial charge is 0.325 e. The molecule has 1 aromatic carbocycles. The summed E-state index contributed by atoms with van der Waals surface area (Å²) in [4.78, 5) is 24.9. The number of nitrogens with zero attached hydrogens (tertiary/aromatic N) is 1. The highest BCUT2D eigenvalue weighted by Crippen LogP contribution is 2.24. The van der Waals surface area contributed by atoms with Crippen LogP contribution in [-0.2, 0) is 11.3 Å². The number of benzene rings is 1. The zero-order valence-electron chi connectivity index (χ0n) is 10.8. The third-order valence-corrected chi connectivity index (χ3v) is 3.47. The van der Waals surface area contributed by atoms with Gasteiger partial charge in [0.25, 0.3) is 5.91 Å². The molecule has 1 aromatic rings. The normalized spacial score (nSPS) is 18.7. The number of nitrogens with one attached hydrogen (secondary N) is 1. The summed E-state index contributed by atoms with van der Waals surface area (Å²) in [6.07, 6.45) is 0.576. The van der Waals surface area contributed by atoms with Gasteiger partial charge in [-0.25, -0.2) is 4.79 Å². The van der Waals surface area contributed by atoms with Gasteiger partial charge in [0.05, 0.1) is 13.7 Å². The van der Waals surface area contributed by atoms with Gasteiger partial charge in [-0.2, -0.15) is 0 Å². The van der Waals surface area contributed by atoms with E-state index in [4.69, 9.17) is 16.3 Å². The third-order valence-electron chi connectivity index (χ3n) is 3.10. The van der Waals surface area contributed by atoms with E-state index in [0.29, 0.717) is 22.8 Å². The fraction of sp³-hybridized carbons (Fsp3) is 0.385. The van der Waals surface area contributed by atoms with Crippen LogP contribution in [0.15, 0.2) is 18.2 Å². The summed E-state index contributed by atoms with van der Waals surface area (Å²) in [7, 11) is 1.55. The highest BCUT2D eigenvalue weighted by Gasteiger charge is 2.36. The molecule has 1 atom stereocenters. The van der Waals surface area contributed by atoms with Gasteiger partial charge in [-0.15, -0.1) is 0 Å². The van der Waals surface area contributed by atoms with Gasteiger partial charge >= 0.3 is 6.03 Å². The SMILES string of the molecule is CC[C@H]1NC(=O)N(Cc2cc(OC)ccc2Cl)C1=O. The molecule has 1 saturated heterocycles. The van der Waals surface area contributed by atoms with Crippen molar-refractivity contribution >= 4 is 23.5 Å². The Morgan fingerprint density at radius 2 is 2.16 bits per heavy atom. The Morgan fingerprint density at radius 1 is 1.42 bits per heavy atom. The predicted octanol–water partition coefficient (Wildman–Crippen LogP) is 2.18. The van der Waals surface area contributed by atoms with Gasteiger partial charge in [-0.3, -0.25) is 9.69 Å². The van der Waals surface area contributed by atoms with Gasteiger partial charge in [-0.05, 0) is 30.2 Å². The van der Waals surface area contributed by atoms with Crippen LogP contribution in [0.1, 0.15) is 18.9 Å². The molecular formula is C13H15ClN2O3. The van der Waals surface area contributed by atoms with Crippen molar-refractivity contribution in [2.75, 3.05) is 7.11 Å². The topological polar surface area (TPSA) is 58.6 Å². The third kappa shape index (κ3) is 2.66. The molecule has 19 heavy (non-hydrogen) atoms. The lowest BCUT2D eigenvalue weighted by molar-refractivity contribution is -0.127. The Bertz CT molecular complexity index is 519. The van der Waals surface area contributed by atoms with E-state index in [1.165, 1.54) is 4.90 Å². The lowest BCUT2D eigenvalue weighted by Gasteiger charge is -2.14. The molecule has 0 bridgehead atoms. The Kier molecular flexibility index (Phi) is 3.95. The maximum absolute atomic E-state index is 12.0. The van der Waals surface area contributed by atoms with E-state index in [0.717, 1.165) is 0 Å². The molecule has 0 aliphatic carbocycles. The van der Waals surface area contributed by atoms with Crippen molar-refractivity contribution in [3.63, 3.8) is 0 Å². The van der Waals surface area contributed by atoms with Crippen molar-refractivity contribution in [3.8, 4) is 5.75 Å². The van der Waals surface area contributed by atoms with Gasteiger partial charge in [0.15, 0.2) is 0 Å². The zero-order valence-corrected chi connectivity index (χ0v) is 11.5. The Morgan fingerprint density at radius 3 is 2.74 bits per heavy atom. The number of urea groups is 1. The second kappa shape index (κ2) is 5.48. The first kappa shape index (κ1) is 13.7. The number of carbonyl (C=O) groups excluding carboxylic acids is 2. The summed E-state index contributed by atoms with van der Waals surface area (Å²) >= 11 is 6.07. The molecule has 5 nitrogen and oxygen atoms in total. The number of carbonyl (C=O) groups is 2. The lowest BCUT2D eigenvalue weighted by atomic mass is 10.2. The van der Waals surface area contributed by atoms with Crippen molar-refractivity contribution in [3.05, 3.63) is 28.8 Å². The van der Waals surface area contributed by atoms with E-state index in [-0.39, 0.29) is 18.5 Å². The molecule has 102 valence electrons. The van der Waals surface area contributed by atoms with Crippen LogP contribution < -0.4 is 10.1 Å². The first-order valence-corrected chi connectivity index (χ1v) is 6.39. The number of hydrogen-bond acceptors (Lipinski definition) is 3. The van der Waals surface area contributed by atoms with Crippen LogP contribution in [0.2, 0.25) is 5.02 Å². The van der Waals surface area contributed by atoms with Crippen LogP contribution in [0, 0.1) is 0 Å². The highest BCUT2D eigenvalue weighted by atomic mass is 35.5. The summed E-state index contributed by atoms with van der Waals surface area (Å²) in [6.45, 7) is 2.00. The maximum atomic E-state index is 12.0. The summed E-state index contributed by atoms with van der Waals surface area (Å²) in [6, 6.07) is 4.33. The average Bonchev–Trinajstić information content (AvgIpc) is 2.68. The second-order valence-corrected chi connectivity index (χ2v) is 4.70. The number of ether oxygens (including phenoxy) is 1. The minimum Gasteiger partial charge on any atom is -0.497 e. The number of halogens is 1. The first-order chi connectivity index (χ1) is 9.06.